The smallest absolute Gasteiger partial charge is 0.240 e. The minimum absolute atomic E-state index is 0.0912. The highest BCUT2D eigenvalue weighted by molar-refractivity contribution is 8.15. The van der Waals surface area contributed by atoms with E-state index in [1.807, 2.05) is 19.1 Å². The van der Waals surface area contributed by atoms with Crippen molar-refractivity contribution in [3.63, 3.8) is 0 Å². The summed E-state index contributed by atoms with van der Waals surface area (Å²) in [6.45, 7) is 3.67. The molecule has 1 saturated heterocycles. The summed E-state index contributed by atoms with van der Waals surface area (Å²) in [5.41, 5.74) is 0.672. The van der Waals surface area contributed by atoms with Gasteiger partial charge in [-0.25, -0.2) is 0 Å². The van der Waals surface area contributed by atoms with Gasteiger partial charge in [-0.05, 0) is 30.7 Å². The number of carbonyl (C=O) groups is 2. The van der Waals surface area contributed by atoms with Gasteiger partial charge in [0.15, 0.2) is 5.17 Å². The summed E-state index contributed by atoms with van der Waals surface area (Å²) in [5, 5.41) is 5.55. The van der Waals surface area contributed by atoms with Crippen LogP contribution in [0.4, 0.5) is 5.69 Å². The van der Waals surface area contributed by atoms with Crippen LogP contribution in [0.25, 0.3) is 0 Å². The van der Waals surface area contributed by atoms with Crippen LogP contribution in [0.15, 0.2) is 29.3 Å². The molecular weight excluding hydrogens is 342 g/mol. The molecule has 0 radical (unpaired) electrons. The number of amides is 2. The minimum atomic E-state index is -0.464. The van der Waals surface area contributed by atoms with Crippen LogP contribution in [0, 0.1) is 0 Å². The van der Waals surface area contributed by atoms with E-state index in [-0.39, 0.29) is 18.2 Å². The van der Waals surface area contributed by atoms with Gasteiger partial charge in [0.05, 0.1) is 19.8 Å². The third-order valence-corrected chi connectivity index (χ3v) is 4.43. The second kappa shape index (κ2) is 10.0. The van der Waals surface area contributed by atoms with E-state index in [9.17, 15) is 9.59 Å². The summed E-state index contributed by atoms with van der Waals surface area (Å²) in [5.74, 6) is 0.357. The number of ether oxygens (including phenoxy) is 2. The number of hydrogen-bond acceptors (Lipinski definition) is 6. The van der Waals surface area contributed by atoms with Gasteiger partial charge < -0.3 is 20.1 Å². The zero-order chi connectivity index (χ0) is 18.1. The van der Waals surface area contributed by atoms with Crippen LogP contribution in [-0.4, -0.2) is 49.1 Å². The Bertz CT molecular complexity index is 619. The molecule has 2 rings (SSSR count). The van der Waals surface area contributed by atoms with Crippen molar-refractivity contribution in [3.05, 3.63) is 24.3 Å². The van der Waals surface area contributed by atoms with E-state index in [4.69, 9.17) is 9.47 Å². The lowest BCUT2D eigenvalue weighted by atomic mass is 10.2. The molecule has 1 atom stereocenters. The predicted molar refractivity (Wildman–Crippen MR) is 99.2 cm³/mol. The van der Waals surface area contributed by atoms with E-state index >= 15 is 0 Å². The molecule has 1 aromatic rings. The number of methoxy groups -OCH3 is 1. The molecule has 0 unspecified atom stereocenters. The molecule has 8 heteroatoms. The van der Waals surface area contributed by atoms with Crippen molar-refractivity contribution < 1.29 is 19.1 Å². The zero-order valence-electron chi connectivity index (χ0n) is 14.4. The Hall–Kier alpha value is -2.06. The van der Waals surface area contributed by atoms with Crippen LogP contribution in [0.2, 0.25) is 0 Å². The van der Waals surface area contributed by atoms with Gasteiger partial charge in [-0.2, -0.15) is 0 Å². The van der Waals surface area contributed by atoms with Crippen molar-refractivity contribution >= 4 is 34.4 Å². The van der Waals surface area contributed by atoms with Gasteiger partial charge in [0, 0.05) is 19.2 Å². The summed E-state index contributed by atoms with van der Waals surface area (Å²) < 4.78 is 10.4. The highest BCUT2D eigenvalue weighted by Crippen LogP contribution is 2.23. The second-order valence-corrected chi connectivity index (χ2v) is 6.59. The number of benzene rings is 1. The fourth-order valence-corrected chi connectivity index (χ4v) is 3.08. The number of thioether (sulfide) groups is 1. The van der Waals surface area contributed by atoms with E-state index in [2.05, 4.69) is 15.6 Å². The first-order valence-electron chi connectivity index (χ1n) is 8.16. The topological polar surface area (TPSA) is 89.0 Å². The van der Waals surface area contributed by atoms with Crippen LogP contribution in [0.5, 0.6) is 5.75 Å². The normalized spacial score (nSPS) is 18.2. The fourth-order valence-electron chi connectivity index (χ4n) is 2.09. The number of aliphatic imine (C=N–C) groups is 1. The average Bonchev–Trinajstić information content (AvgIpc) is 2.94. The summed E-state index contributed by atoms with van der Waals surface area (Å²) in [6.07, 6.45) is 1.03. The minimum Gasteiger partial charge on any atom is -0.494 e. The standard InChI is InChI=1S/C17H23N3O4S/c1-3-9-24-13-6-4-12(5-7-13)19-15(21)11-14-16(22)20-17(25-14)18-8-10-23-2/h4-7,14H,3,8-11H2,1-2H3,(H,19,21)(H,18,20,22)/t14-/m1/s1. The molecule has 0 bridgehead atoms. The van der Waals surface area contributed by atoms with E-state index < -0.39 is 5.25 Å². The lowest BCUT2D eigenvalue weighted by molar-refractivity contribution is -0.122. The van der Waals surface area contributed by atoms with Gasteiger partial charge in [-0.1, -0.05) is 18.7 Å². The summed E-state index contributed by atoms with van der Waals surface area (Å²) in [6, 6.07) is 7.18. The summed E-state index contributed by atoms with van der Waals surface area (Å²) in [4.78, 5) is 28.3. The van der Waals surface area contributed by atoms with Gasteiger partial charge >= 0.3 is 0 Å². The fraction of sp³-hybridized carbons (Fsp3) is 0.471. The van der Waals surface area contributed by atoms with Gasteiger partial charge in [-0.3, -0.25) is 14.6 Å². The van der Waals surface area contributed by atoms with Crippen LogP contribution >= 0.6 is 11.8 Å². The maximum absolute atomic E-state index is 12.1. The predicted octanol–water partition coefficient (Wildman–Crippen LogP) is 2.04. The third-order valence-electron chi connectivity index (χ3n) is 3.31. The van der Waals surface area contributed by atoms with Gasteiger partial charge in [0.2, 0.25) is 11.8 Å². The molecule has 1 fully saturated rings. The van der Waals surface area contributed by atoms with Crippen LogP contribution in [-0.2, 0) is 14.3 Å². The number of rotatable bonds is 9. The molecule has 2 N–H and O–H groups in total. The Labute approximate surface area is 151 Å². The van der Waals surface area contributed by atoms with E-state index in [1.54, 1.807) is 19.2 Å². The maximum atomic E-state index is 12.1. The molecule has 0 spiro atoms. The Morgan fingerprint density at radius 1 is 1.32 bits per heavy atom. The zero-order valence-corrected chi connectivity index (χ0v) is 15.2. The van der Waals surface area contributed by atoms with Crippen LogP contribution < -0.4 is 15.4 Å². The Balaban J connectivity index is 1.81. The molecule has 25 heavy (non-hydrogen) atoms. The molecule has 1 heterocycles. The number of nitrogens with one attached hydrogen (secondary N) is 2. The summed E-state index contributed by atoms with van der Waals surface area (Å²) >= 11 is 1.27. The average molecular weight is 365 g/mol. The van der Waals surface area contributed by atoms with Crippen LogP contribution in [0.3, 0.4) is 0 Å². The van der Waals surface area contributed by atoms with Gasteiger partial charge in [-0.15, -0.1) is 0 Å². The molecular formula is C17H23N3O4S. The molecule has 1 aliphatic heterocycles. The monoisotopic (exact) mass is 365 g/mol. The number of carbonyl (C=O) groups excluding carboxylic acids is 2. The van der Waals surface area contributed by atoms with Gasteiger partial charge in [0.1, 0.15) is 11.0 Å². The first kappa shape index (κ1) is 19.3. The molecule has 1 aromatic carbocycles. The molecule has 136 valence electrons. The van der Waals surface area contributed by atoms with Crippen molar-refractivity contribution in [1.82, 2.24) is 5.32 Å². The first-order valence-corrected chi connectivity index (χ1v) is 9.04. The quantitative estimate of drug-likeness (QED) is 0.654. The molecule has 1 aliphatic rings. The molecule has 0 saturated carbocycles. The van der Waals surface area contributed by atoms with E-state index in [1.165, 1.54) is 11.8 Å². The second-order valence-electron chi connectivity index (χ2n) is 5.40. The number of amidine groups is 1. The maximum Gasteiger partial charge on any atom is 0.240 e. The number of anilines is 1. The number of nitrogens with zero attached hydrogens (tertiary/aromatic N) is 1. The molecule has 0 aliphatic carbocycles. The van der Waals surface area contributed by atoms with E-state index in [0.717, 1.165) is 12.2 Å². The highest BCUT2D eigenvalue weighted by atomic mass is 32.2. The lowest BCUT2D eigenvalue weighted by Crippen LogP contribution is -2.28. The molecule has 2 amide bonds. The lowest BCUT2D eigenvalue weighted by Gasteiger charge is -2.09. The molecule has 0 aromatic heterocycles. The largest absolute Gasteiger partial charge is 0.494 e. The molecule has 7 nitrogen and oxygen atoms in total. The first-order chi connectivity index (χ1) is 12.1. The van der Waals surface area contributed by atoms with Crippen molar-refractivity contribution in [1.29, 1.82) is 0 Å². The third kappa shape index (κ3) is 6.39. The summed E-state index contributed by atoms with van der Waals surface area (Å²) in [7, 11) is 1.59. The van der Waals surface area contributed by atoms with Gasteiger partial charge in [0.25, 0.3) is 0 Å². The van der Waals surface area contributed by atoms with Crippen LogP contribution in [0.1, 0.15) is 19.8 Å². The SMILES string of the molecule is CCCOc1ccc(NC(=O)C[C@H]2SC(=NCCOC)NC2=O)cc1. The Morgan fingerprint density at radius 2 is 2.08 bits per heavy atom. The van der Waals surface area contributed by atoms with Crippen molar-refractivity contribution in [2.45, 2.75) is 25.0 Å². The Kier molecular flexibility index (Phi) is 7.75. The van der Waals surface area contributed by atoms with E-state index in [0.29, 0.717) is 30.6 Å². The van der Waals surface area contributed by atoms with Crippen molar-refractivity contribution in [2.75, 3.05) is 32.2 Å². The van der Waals surface area contributed by atoms with Crippen molar-refractivity contribution in [2.24, 2.45) is 4.99 Å². The Morgan fingerprint density at radius 3 is 2.76 bits per heavy atom. The highest BCUT2D eigenvalue weighted by Gasteiger charge is 2.31. The van der Waals surface area contributed by atoms with Crippen molar-refractivity contribution in [3.8, 4) is 5.75 Å². The number of hydrogen-bond donors (Lipinski definition) is 2.